The highest BCUT2D eigenvalue weighted by atomic mass is 35.5. The number of nitrogens with one attached hydrogen (secondary N) is 1. The minimum atomic E-state index is -0.567. The predicted octanol–water partition coefficient (Wildman–Crippen LogP) is 1.78. The second kappa shape index (κ2) is 6.82. The van der Waals surface area contributed by atoms with E-state index in [9.17, 15) is 13.6 Å². The summed E-state index contributed by atoms with van der Waals surface area (Å²) < 4.78 is 26.3. The van der Waals surface area contributed by atoms with E-state index in [4.69, 9.17) is 5.73 Å². The van der Waals surface area contributed by atoms with Crippen LogP contribution in [0.3, 0.4) is 0 Å². The van der Waals surface area contributed by atoms with Crippen molar-refractivity contribution in [3.8, 4) is 0 Å². The summed E-state index contributed by atoms with van der Waals surface area (Å²) in [6.45, 7) is 0.377. The minimum absolute atomic E-state index is 0. The molecule has 0 heterocycles. The van der Waals surface area contributed by atoms with E-state index in [0.717, 1.165) is 31.0 Å². The second-order valence-electron chi connectivity index (χ2n) is 4.66. The Hall–Kier alpha value is -1.20. The number of carbonyl (C=O) groups is 1. The summed E-state index contributed by atoms with van der Waals surface area (Å²) in [5.41, 5.74) is 5.63. The summed E-state index contributed by atoms with van der Waals surface area (Å²) in [4.78, 5) is 11.7. The van der Waals surface area contributed by atoms with Gasteiger partial charge in [0.15, 0.2) is 0 Å². The molecule has 1 saturated carbocycles. The molecule has 106 valence electrons. The quantitative estimate of drug-likeness (QED) is 0.868. The van der Waals surface area contributed by atoms with Crippen LogP contribution in [0.25, 0.3) is 0 Å². The van der Waals surface area contributed by atoms with Crippen molar-refractivity contribution in [3.63, 3.8) is 0 Å². The molecule has 0 spiro atoms. The van der Waals surface area contributed by atoms with Gasteiger partial charge in [0.25, 0.3) is 0 Å². The Morgan fingerprint density at radius 2 is 2.11 bits per heavy atom. The van der Waals surface area contributed by atoms with Crippen molar-refractivity contribution in [1.82, 2.24) is 5.32 Å². The summed E-state index contributed by atoms with van der Waals surface area (Å²) in [6.07, 6.45) is 1.97. The molecule has 0 aromatic heterocycles. The third kappa shape index (κ3) is 4.44. The molecule has 1 fully saturated rings. The normalized spacial score (nSPS) is 15.5. The van der Waals surface area contributed by atoms with Gasteiger partial charge in [-0.15, -0.1) is 12.4 Å². The molecule has 6 heteroatoms. The van der Waals surface area contributed by atoms with Crippen LogP contribution in [0, 0.1) is 17.6 Å². The summed E-state index contributed by atoms with van der Waals surface area (Å²) >= 11 is 0. The van der Waals surface area contributed by atoms with E-state index in [-0.39, 0.29) is 36.3 Å². The largest absolute Gasteiger partial charge is 0.352 e. The van der Waals surface area contributed by atoms with Crippen LogP contribution in [0.4, 0.5) is 8.78 Å². The molecule has 0 radical (unpaired) electrons. The highest BCUT2D eigenvalue weighted by molar-refractivity contribution is 5.85. The van der Waals surface area contributed by atoms with Crippen molar-refractivity contribution in [1.29, 1.82) is 0 Å². The average molecular weight is 291 g/mol. The Balaban J connectivity index is 0.00000180. The van der Waals surface area contributed by atoms with E-state index in [1.54, 1.807) is 0 Å². The highest BCUT2D eigenvalue weighted by Crippen LogP contribution is 2.32. The first-order valence-corrected chi connectivity index (χ1v) is 6.03. The number of amides is 1. The number of carbonyl (C=O) groups excluding carboxylic acids is 1. The Morgan fingerprint density at radius 1 is 1.42 bits per heavy atom. The number of rotatable bonds is 5. The van der Waals surface area contributed by atoms with Gasteiger partial charge < -0.3 is 11.1 Å². The lowest BCUT2D eigenvalue weighted by Gasteiger charge is -2.16. The SMILES string of the molecule is Cl.NCC(NC(=O)Cc1cc(F)ccc1F)C1CC1. The zero-order chi connectivity index (χ0) is 13.1. The lowest BCUT2D eigenvalue weighted by Crippen LogP contribution is -2.42. The predicted molar refractivity (Wildman–Crippen MR) is 71.0 cm³/mol. The van der Waals surface area contributed by atoms with Crippen LogP contribution < -0.4 is 11.1 Å². The molecule has 1 atom stereocenters. The number of nitrogens with two attached hydrogens (primary N) is 1. The van der Waals surface area contributed by atoms with E-state index in [1.165, 1.54) is 0 Å². The summed E-state index contributed by atoms with van der Waals surface area (Å²) in [5.74, 6) is -0.989. The number of hydrogen-bond donors (Lipinski definition) is 2. The van der Waals surface area contributed by atoms with Crippen LogP contribution in [0.2, 0.25) is 0 Å². The number of hydrogen-bond acceptors (Lipinski definition) is 2. The van der Waals surface area contributed by atoms with Gasteiger partial charge in [0.2, 0.25) is 5.91 Å². The minimum Gasteiger partial charge on any atom is -0.352 e. The lowest BCUT2D eigenvalue weighted by molar-refractivity contribution is -0.121. The molecule has 1 aromatic rings. The molecule has 1 aliphatic carbocycles. The molecule has 0 aliphatic heterocycles. The molecule has 19 heavy (non-hydrogen) atoms. The molecular formula is C13H17ClF2N2O. The van der Waals surface area contributed by atoms with Crippen LogP contribution in [0.5, 0.6) is 0 Å². The Kier molecular flexibility index (Phi) is 5.69. The van der Waals surface area contributed by atoms with E-state index in [2.05, 4.69) is 5.32 Å². The third-order valence-electron chi connectivity index (χ3n) is 3.15. The van der Waals surface area contributed by atoms with E-state index in [0.29, 0.717) is 12.5 Å². The van der Waals surface area contributed by atoms with Gasteiger partial charge in [0.05, 0.1) is 6.42 Å². The fourth-order valence-electron chi connectivity index (χ4n) is 1.98. The van der Waals surface area contributed by atoms with Gasteiger partial charge >= 0.3 is 0 Å². The van der Waals surface area contributed by atoms with Crippen molar-refractivity contribution < 1.29 is 13.6 Å². The van der Waals surface area contributed by atoms with Gasteiger partial charge in [-0.25, -0.2) is 8.78 Å². The number of benzene rings is 1. The molecule has 2 rings (SSSR count). The Bertz CT molecular complexity index is 452. The van der Waals surface area contributed by atoms with E-state index < -0.39 is 11.6 Å². The lowest BCUT2D eigenvalue weighted by atomic mass is 10.1. The standard InChI is InChI=1S/C13H16F2N2O.ClH/c14-10-3-4-11(15)9(5-10)6-13(18)17-12(7-16)8-1-2-8;/h3-5,8,12H,1-2,6-7,16H2,(H,17,18);1H. The zero-order valence-corrected chi connectivity index (χ0v) is 11.2. The van der Waals surface area contributed by atoms with Gasteiger partial charge in [0, 0.05) is 18.2 Å². The Labute approximate surface area is 117 Å². The maximum atomic E-state index is 13.3. The van der Waals surface area contributed by atoms with Gasteiger partial charge in [-0.05, 0) is 37.0 Å². The molecule has 1 aromatic carbocycles. The topological polar surface area (TPSA) is 55.1 Å². The molecular weight excluding hydrogens is 274 g/mol. The molecule has 0 bridgehead atoms. The zero-order valence-electron chi connectivity index (χ0n) is 10.4. The summed E-state index contributed by atoms with van der Waals surface area (Å²) in [5, 5.41) is 2.77. The van der Waals surface area contributed by atoms with Crippen LogP contribution in [0.15, 0.2) is 18.2 Å². The monoisotopic (exact) mass is 290 g/mol. The molecule has 1 unspecified atom stereocenters. The maximum Gasteiger partial charge on any atom is 0.224 e. The highest BCUT2D eigenvalue weighted by Gasteiger charge is 2.31. The maximum absolute atomic E-state index is 13.3. The van der Waals surface area contributed by atoms with Crippen molar-refractivity contribution in [2.24, 2.45) is 11.7 Å². The first-order chi connectivity index (χ1) is 8.60. The first-order valence-electron chi connectivity index (χ1n) is 6.03. The summed E-state index contributed by atoms with van der Waals surface area (Å²) in [6, 6.07) is 3.06. The molecule has 0 saturated heterocycles. The smallest absolute Gasteiger partial charge is 0.224 e. The van der Waals surface area contributed by atoms with Crippen LogP contribution in [-0.2, 0) is 11.2 Å². The van der Waals surface area contributed by atoms with Crippen molar-refractivity contribution in [3.05, 3.63) is 35.4 Å². The molecule has 3 nitrogen and oxygen atoms in total. The Morgan fingerprint density at radius 3 is 2.68 bits per heavy atom. The van der Waals surface area contributed by atoms with Gasteiger partial charge in [-0.1, -0.05) is 0 Å². The first kappa shape index (κ1) is 15.9. The molecule has 1 aliphatic rings. The fourth-order valence-corrected chi connectivity index (χ4v) is 1.98. The van der Waals surface area contributed by atoms with Gasteiger partial charge in [-0.3, -0.25) is 4.79 Å². The average Bonchev–Trinajstić information content (AvgIpc) is 3.15. The summed E-state index contributed by atoms with van der Waals surface area (Å²) in [7, 11) is 0. The van der Waals surface area contributed by atoms with E-state index >= 15 is 0 Å². The number of halogens is 3. The fraction of sp³-hybridized carbons (Fsp3) is 0.462. The van der Waals surface area contributed by atoms with Crippen LogP contribution >= 0.6 is 12.4 Å². The van der Waals surface area contributed by atoms with Crippen molar-refractivity contribution in [2.45, 2.75) is 25.3 Å². The van der Waals surface area contributed by atoms with Crippen LogP contribution in [0.1, 0.15) is 18.4 Å². The van der Waals surface area contributed by atoms with Crippen molar-refractivity contribution in [2.75, 3.05) is 6.54 Å². The molecule has 3 N–H and O–H groups in total. The van der Waals surface area contributed by atoms with Crippen molar-refractivity contribution >= 4 is 18.3 Å². The second-order valence-corrected chi connectivity index (χ2v) is 4.66. The molecule has 1 amide bonds. The van der Waals surface area contributed by atoms with Gasteiger partial charge in [-0.2, -0.15) is 0 Å². The van der Waals surface area contributed by atoms with Gasteiger partial charge in [0.1, 0.15) is 11.6 Å². The third-order valence-corrected chi connectivity index (χ3v) is 3.15. The van der Waals surface area contributed by atoms with E-state index in [1.807, 2.05) is 0 Å². The van der Waals surface area contributed by atoms with Crippen LogP contribution in [-0.4, -0.2) is 18.5 Å².